The molecule has 0 saturated carbocycles. The molecule has 1 atom stereocenters. The quantitative estimate of drug-likeness (QED) is 0.896. The lowest BCUT2D eigenvalue weighted by Gasteiger charge is -2.26. The lowest BCUT2D eigenvalue weighted by Crippen LogP contribution is -2.44. The number of benzene rings is 1. The third-order valence-electron chi connectivity index (χ3n) is 4.25. The highest BCUT2D eigenvalue weighted by Gasteiger charge is 2.34. The number of sulfone groups is 1. The summed E-state index contributed by atoms with van der Waals surface area (Å²) in [4.78, 5) is 25.4. The first-order chi connectivity index (χ1) is 10.7. The van der Waals surface area contributed by atoms with Crippen LogP contribution in [0.15, 0.2) is 18.2 Å². The van der Waals surface area contributed by atoms with E-state index in [9.17, 15) is 18.0 Å². The highest BCUT2D eigenvalue weighted by molar-refractivity contribution is 7.91. The number of rotatable bonds is 4. The summed E-state index contributed by atoms with van der Waals surface area (Å²) < 4.78 is 23.2. The lowest BCUT2D eigenvalue weighted by atomic mass is 10.1. The van der Waals surface area contributed by atoms with Crippen LogP contribution >= 0.6 is 0 Å². The highest BCUT2D eigenvalue weighted by atomic mass is 32.2. The number of nitrogens with zero attached hydrogens (tertiary/aromatic N) is 1. The minimum atomic E-state index is -3.11. The van der Waals surface area contributed by atoms with Crippen molar-refractivity contribution >= 4 is 27.3 Å². The van der Waals surface area contributed by atoms with Crippen molar-refractivity contribution in [3.05, 3.63) is 29.3 Å². The van der Waals surface area contributed by atoms with Crippen LogP contribution in [0.5, 0.6) is 0 Å². The minimum Gasteiger partial charge on any atom is -0.330 e. The van der Waals surface area contributed by atoms with Crippen LogP contribution in [-0.2, 0) is 19.4 Å². The maximum Gasteiger partial charge on any atom is 0.244 e. The summed E-state index contributed by atoms with van der Waals surface area (Å²) in [5.41, 5.74) is 2.74. The zero-order valence-electron chi connectivity index (χ0n) is 13.6. The number of hydrogen-bond donors (Lipinski definition) is 1. The Labute approximate surface area is 136 Å². The van der Waals surface area contributed by atoms with E-state index < -0.39 is 15.9 Å². The van der Waals surface area contributed by atoms with E-state index in [4.69, 9.17) is 0 Å². The lowest BCUT2D eigenvalue weighted by molar-refractivity contribution is -0.134. The van der Waals surface area contributed by atoms with Crippen molar-refractivity contribution in [3.8, 4) is 0 Å². The molecule has 2 amide bonds. The first-order valence-electron chi connectivity index (χ1n) is 7.53. The average molecular weight is 338 g/mol. The average Bonchev–Trinajstić information content (AvgIpc) is 2.81. The first kappa shape index (κ1) is 17.5. The molecule has 7 heteroatoms. The van der Waals surface area contributed by atoms with Crippen LogP contribution in [0.4, 0.5) is 5.69 Å². The largest absolute Gasteiger partial charge is 0.330 e. The van der Waals surface area contributed by atoms with Crippen molar-refractivity contribution in [1.29, 1.82) is 0 Å². The zero-order valence-corrected chi connectivity index (χ0v) is 14.4. The molecular weight excluding hydrogens is 316 g/mol. The molecule has 1 heterocycles. The predicted octanol–water partition coefficient (Wildman–Crippen LogP) is 1.28. The monoisotopic (exact) mass is 338 g/mol. The topological polar surface area (TPSA) is 83.6 Å². The Morgan fingerprint density at radius 2 is 2.00 bits per heavy atom. The van der Waals surface area contributed by atoms with E-state index in [2.05, 4.69) is 5.32 Å². The fourth-order valence-electron chi connectivity index (χ4n) is 2.75. The van der Waals surface area contributed by atoms with Gasteiger partial charge in [-0.05, 0) is 37.5 Å². The van der Waals surface area contributed by atoms with Crippen molar-refractivity contribution < 1.29 is 18.0 Å². The van der Waals surface area contributed by atoms with Crippen LogP contribution in [0.3, 0.4) is 0 Å². The Kier molecular flexibility index (Phi) is 5.09. The smallest absolute Gasteiger partial charge is 0.244 e. The van der Waals surface area contributed by atoms with Gasteiger partial charge in [0.25, 0.3) is 0 Å². The normalized spacial score (nSPS) is 19.3. The van der Waals surface area contributed by atoms with Gasteiger partial charge in [0.1, 0.15) is 6.54 Å². The second-order valence-corrected chi connectivity index (χ2v) is 8.23. The van der Waals surface area contributed by atoms with Crippen molar-refractivity contribution in [1.82, 2.24) is 4.90 Å². The molecule has 6 nitrogen and oxygen atoms in total. The molecule has 1 fully saturated rings. The van der Waals surface area contributed by atoms with Crippen LogP contribution in [0, 0.1) is 13.8 Å². The van der Waals surface area contributed by atoms with Crippen LogP contribution in [0.25, 0.3) is 0 Å². The number of aryl methyl sites for hydroxylation is 1. The van der Waals surface area contributed by atoms with E-state index in [-0.39, 0.29) is 29.9 Å². The minimum absolute atomic E-state index is 0.0661. The van der Waals surface area contributed by atoms with E-state index in [0.717, 1.165) is 11.1 Å². The number of carbonyl (C=O) groups is 2. The van der Waals surface area contributed by atoms with Gasteiger partial charge in [0.15, 0.2) is 9.84 Å². The van der Waals surface area contributed by atoms with Crippen LogP contribution < -0.4 is 5.32 Å². The molecule has 0 aromatic heterocycles. The van der Waals surface area contributed by atoms with Crippen LogP contribution in [0.2, 0.25) is 0 Å². The number of nitrogens with one attached hydrogen (secondary N) is 1. The van der Waals surface area contributed by atoms with Gasteiger partial charge in [-0.1, -0.05) is 12.1 Å². The Morgan fingerprint density at radius 3 is 2.57 bits per heavy atom. The Bertz CT molecular complexity index is 728. The van der Waals surface area contributed by atoms with Gasteiger partial charge in [0.05, 0.1) is 11.5 Å². The summed E-state index contributed by atoms with van der Waals surface area (Å²) in [7, 11) is -3.11. The zero-order chi connectivity index (χ0) is 17.2. The molecular formula is C16H22N2O4S. The Balaban J connectivity index is 2.07. The molecule has 0 aliphatic carbocycles. The molecule has 1 aliphatic rings. The van der Waals surface area contributed by atoms with Crippen molar-refractivity contribution in [2.45, 2.75) is 33.2 Å². The second kappa shape index (κ2) is 6.70. The van der Waals surface area contributed by atoms with Gasteiger partial charge in [-0.3, -0.25) is 9.59 Å². The number of carbonyl (C=O) groups excluding carboxylic acids is 2. The maximum absolute atomic E-state index is 12.3. The Morgan fingerprint density at radius 1 is 1.30 bits per heavy atom. The summed E-state index contributed by atoms with van der Waals surface area (Å²) in [6.07, 6.45) is 0.388. The summed E-state index contributed by atoms with van der Waals surface area (Å²) in [6, 6.07) is 5.20. The van der Waals surface area contributed by atoms with Gasteiger partial charge >= 0.3 is 0 Å². The van der Waals surface area contributed by atoms with Crippen molar-refractivity contribution in [2.75, 3.05) is 23.4 Å². The van der Waals surface area contributed by atoms with E-state index in [1.165, 1.54) is 11.8 Å². The third-order valence-corrected chi connectivity index (χ3v) is 6.00. The molecule has 1 aromatic rings. The molecule has 23 heavy (non-hydrogen) atoms. The number of amides is 2. The number of hydrogen-bond acceptors (Lipinski definition) is 4. The van der Waals surface area contributed by atoms with Crippen molar-refractivity contribution in [2.24, 2.45) is 0 Å². The summed E-state index contributed by atoms with van der Waals surface area (Å²) in [6.45, 7) is 5.09. The molecule has 1 unspecified atom stereocenters. The molecule has 1 N–H and O–H groups in total. The van der Waals surface area contributed by atoms with E-state index in [0.29, 0.717) is 12.1 Å². The molecule has 1 saturated heterocycles. The third kappa shape index (κ3) is 4.31. The van der Waals surface area contributed by atoms with Gasteiger partial charge in [0.2, 0.25) is 11.8 Å². The molecule has 0 spiro atoms. The SMILES string of the molecule is CC(=O)N(CC(=O)Nc1cccc(C)c1C)C1CCS(=O)(=O)C1. The molecule has 126 valence electrons. The van der Waals surface area contributed by atoms with E-state index in [1.807, 2.05) is 26.0 Å². The highest BCUT2D eigenvalue weighted by Crippen LogP contribution is 2.20. The molecule has 2 rings (SSSR count). The van der Waals surface area contributed by atoms with Gasteiger partial charge in [-0.2, -0.15) is 0 Å². The van der Waals surface area contributed by atoms with Gasteiger partial charge in [-0.15, -0.1) is 0 Å². The fourth-order valence-corrected chi connectivity index (χ4v) is 4.48. The Hall–Kier alpha value is -1.89. The fraction of sp³-hybridized carbons (Fsp3) is 0.500. The van der Waals surface area contributed by atoms with Gasteiger partial charge in [0, 0.05) is 18.7 Å². The van der Waals surface area contributed by atoms with E-state index >= 15 is 0 Å². The summed E-state index contributed by atoms with van der Waals surface area (Å²) >= 11 is 0. The number of anilines is 1. The molecule has 0 bridgehead atoms. The van der Waals surface area contributed by atoms with E-state index in [1.54, 1.807) is 6.07 Å². The molecule has 1 aliphatic heterocycles. The standard InChI is InChI=1S/C16H22N2O4S/c1-11-5-4-6-15(12(11)2)17-16(20)9-18(13(3)19)14-7-8-23(21,22)10-14/h4-6,14H,7-10H2,1-3H3,(H,17,20). The predicted molar refractivity (Wildman–Crippen MR) is 89.0 cm³/mol. The summed E-state index contributed by atoms with van der Waals surface area (Å²) in [5, 5.41) is 2.80. The maximum atomic E-state index is 12.3. The van der Waals surface area contributed by atoms with Gasteiger partial charge < -0.3 is 10.2 Å². The first-order valence-corrected chi connectivity index (χ1v) is 9.35. The second-order valence-electron chi connectivity index (χ2n) is 6.00. The van der Waals surface area contributed by atoms with Crippen LogP contribution in [0.1, 0.15) is 24.5 Å². The molecule has 0 radical (unpaired) electrons. The van der Waals surface area contributed by atoms with Gasteiger partial charge in [-0.25, -0.2) is 8.42 Å². The molecule has 1 aromatic carbocycles. The van der Waals surface area contributed by atoms with Crippen LogP contribution in [-0.4, -0.2) is 49.2 Å². The van der Waals surface area contributed by atoms with Crippen molar-refractivity contribution in [3.63, 3.8) is 0 Å². The summed E-state index contributed by atoms with van der Waals surface area (Å²) in [5.74, 6) is -0.606.